The van der Waals surface area contributed by atoms with E-state index in [0.717, 1.165) is 45.2 Å². The molecule has 0 bridgehead atoms. The molecule has 0 radical (unpaired) electrons. The summed E-state index contributed by atoms with van der Waals surface area (Å²) in [5, 5.41) is 0. The molecular formula is C22H34FN. The first-order valence-corrected chi connectivity index (χ1v) is 9.92. The predicted molar refractivity (Wildman–Crippen MR) is 100 cm³/mol. The van der Waals surface area contributed by atoms with Gasteiger partial charge in [0, 0.05) is 19.1 Å². The molecule has 0 aromatic heterocycles. The lowest BCUT2D eigenvalue weighted by atomic mass is 9.76. The van der Waals surface area contributed by atoms with Crippen LogP contribution in [-0.2, 0) is 18.4 Å². The molecule has 0 saturated heterocycles. The quantitative estimate of drug-likeness (QED) is 0.674. The molecule has 1 aliphatic carbocycles. The number of alkyl halides is 1. The van der Waals surface area contributed by atoms with Gasteiger partial charge in [-0.25, -0.2) is 4.39 Å². The van der Waals surface area contributed by atoms with E-state index < -0.39 is 5.67 Å². The van der Waals surface area contributed by atoms with E-state index in [0.29, 0.717) is 11.5 Å². The summed E-state index contributed by atoms with van der Waals surface area (Å²) in [4.78, 5) is 2.61. The average molecular weight is 332 g/mol. The first-order valence-electron chi connectivity index (χ1n) is 9.92. The summed E-state index contributed by atoms with van der Waals surface area (Å²) in [7, 11) is 0. The van der Waals surface area contributed by atoms with Gasteiger partial charge in [-0.1, -0.05) is 39.0 Å². The molecule has 0 unspecified atom stereocenters. The van der Waals surface area contributed by atoms with Gasteiger partial charge in [0.15, 0.2) is 0 Å². The van der Waals surface area contributed by atoms with Crippen LogP contribution in [0.2, 0.25) is 0 Å². The summed E-state index contributed by atoms with van der Waals surface area (Å²) < 4.78 is 14.1. The minimum Gasteiger partial charge on any atom is -0.296 e. The fourth-order valence-corrected chi connectivity index (χ4v) is 4.49. The number of benzene rings is 1. The Morgan fingerprint density at radius 3 is 2.46 bits per heavy atom. The van der Waals surface area contributed by atoms with Crippen LogP contribution in [0.1, 0.15) is 82.9 Å². The second kappa shape index (κ2) is 6.78. The lowest BCUT2D eigenvalue weighted by molar-refractivity contribution is 0.0598. The predicted octanol–water partition coefficient (Wildman–Crippen LogP) is 5.79. The van der Waals surface area contributed by atoms with Crippen molar-refractivity contribution in [1.82, 2.24) is 4.90 Å². The Balaban J connectivity index is 1.71. The van der Waals surface area contributed by atoms with Gasteiger partial charge in [-0.05, 0) is 74.0 Å². The molecule has 1 heterocycles. The maximum Gasteiger partial charge on any atom is 0.108 e. The van der Waals surface area contributed by atoms with Crippen LogP contribution in [0.5, 0.6) is 0 Å². The van der Waals surface area contributed by atoms with Crippen LogP contribution in [-0.4, -0.2) is 23.2 Å². The molecule has 1 nitrogen and oxygen atoms in total. The Hall–Kier alpha value is -0.890. The zero-order valence-electron chi connectivity index (χ0n) is 16.0. The smallest absolute Gasteiger partial charge is 0.108 e. The molecule has 1 saturated carbocycles. The van der Waals surface area contributed by atoms with E-state index in [9.17, 15) is 4.39 Å². The second-order valence-electron chi connectivity index (χ2n) is 8.62. The molecular weight excluding hydrogens is 297 g/mol. The Labute approximate surface area is 147 Å². The zero-order chi connectivity index (χ0) is 17.4. The SMILES string of the molecule is CCC(C)(CC)c1ccc2c(c1)CCN(C1CCC(C)(F)CC1)C2. The van der Waals surface area contributed by atoms with Crippen molar-refractivity contribution in [1.29, 1.82) is 0 Å². The summed E-state index contributed by atoms with van der Waals surface area (Å²) >= 11 is 0. The van der Waals surface area contributed by atoms with Gasteiger partial charge in [0.1, 0.15) is 5.67 Å². The van der Waals surface area contributed by atoms with E-state index in [2.05, 4.69) is 43.9 Å². The molecule has 0 atom stereocenters. The van der Waals surface area contributed by atoms with Gasteiger partial charge in [0.2, 0.25) is 0 Å². The van der Waals surface area contributed by atoms with Crippen LogP contribution < -0.4 is 0 Å². The molecule has 134 valence electrons. The van der Waals surface area contributed by atoms with Crippen LogP contribution >= 0.6 is 0 Å². The van der Waals surface area contributed by atoms with Gasteiger partial charge in [-0.3, -0.25) is 4.90 Å². The maximum absolute atomic E-state index is 14.1. The Bertz CT molecular complexity index is 563. The number of hydrogen-bond acceptors (Lipinski definition) is 1. The van der Waals surface area contributed by atoms with Crippen molar-refractivity contribution in [2.75, 3.05) is 6.54 Å². The molecule has 2 aliphatic rings. The molecule has 3 rings (SSSR count). The number of rotatable bonds is 4. The molecule has 0 spiro atoms. The summed E-state index contributed by atoms with van der Waals surface area (Å²) in [6.45, 7) is 10.9. The van der Waals surface area contributed by atoms with Gasteiger partial charge >= 0.3 is 0 Å². The highest BCUT2D eigenvalue weighted by atomic mass is 19.1. The van der Waals surface area contributed by atoms with Gasteiger partial charge in [-0.15, -0.1) is 0 Å². The van der Waals surface area contributed by atoms with Gasteiger partial charge in [0.05, 0.1) is 0 Å². The number of hydrogen-bond donors (Lipinski definition) is 0. The van der Waals surface area contributed by atoms with Gasteiger partial charge in [-0.2, -0.15) is 0 Å². The topological polar surface area (TPSA) is 3.24 Å². The van der Waals surface area contributed by atoms with Crippen molar-refractivity contribution in [3.8, 4) is 0 Å². The average Bonchev–Trinajstić information content (AvgIpc) is 2.60. The van der Waals surface area contributed by atoms with Crippen molar-refractivity contribution in [2.45, 2.75) is 96.3 Å². The third kappa shape index (κ3) is 3.54. The van der Waals surface area contributed by atoms with Crippen LogP contribution in [0.4, 0.5) is 4.39 Å². The molecule has 24 heavy (non-hydrogen) atoms. The van der Waals surface area contributed by atoms with Gasteiger partial charge < -0.3 is 0 Å². The fourth-order valence-electron chi connectivity index (χ4n) is 4.49. The van der Waals surface area contributed by atoms with Crippen molar-refractivity contribution < 1.29 is 4.39 Å². The molecule has 2 heteroatoms. The number of nitrogens with zero attached hydrogens (tertiary/aromatic N) is 1. The standard InChI is InChI=1S/C22H34FN/c1-5-21(3,6-2)19-8-7-18-16-24(14-11-17(18)15-19)20-9-12-22(4,23)13-10-20/h7-8,15,20H,5-6,9-14,16H2,1-4H3. The summed E-state index contributed by atoms with van der Waals surface area (Å²) in [6.07, 6.45) is 7.03. The summed E-state index contributed by atoms with van der Waals surface area (Å²) in [5.74, 6) is 0. The van der Waals surface area contributed by atoms with E-state index in [1.54, 1.807) is 12.5 Å². The number of fused-ring (bicyclic) bond motifs is 1. The van der Waals surface area contributed by atoms with E-state index in [1.165, 1.54) is 24.0 Å². The van der Waals surface area contributed by atoms with Gasteiger partial charge in [0.25, 0.3) is 0 Å². The Morgan fingerprint density at radius 2 is 1.83 bits per heavy atom. The monoisotopic (exact) mass is 331 g/mol. The van der Waals surface area contributed by atoms with Crippen LogP contribution in [0.3, 0.4) is 0 Å². The van der Waals surface area contributed by atoms with Crippen molar-refractivity contribution in [2.24, 2.45) is 0 Å². The first-order chi connectivity index (χ1) is 11.4. The molecule has 1 aromatic rings. The normalized spacial score (nSPS) is 28.6. The first kappa shape index (κ1) is 17.9. The molecule has 1 aliphatic heterocycles. The lowest BCUT2D eigenvalue weighted by Gasteiger charge is -2.41. The molecule has 1 aromatic carbocycles. The highest BCUT2D eigenvalue weighted by Gasteiger charge is 2.34. The summed E-state index contributed by atoms with van der Waals surface area (Å²) in [5.41, 5.74) is 3.92. The van der Waals surface area contributed by atoms with Crippen molar-refractivity contribution in [3.05, 3.63) is 34.9 Å². The van der Waals surface area contributed by atoms with Crippen molar-refractivity contribution in [3.63, 3.8) is 0 Å². The van der Waals surface area contributed by atoms with E-state index >= 15 is 0 Å². The molecule has 0 N–H and O–H groups in total. The minimum atomic E-state index is -0.927. The van der Waals surface area contributed by atoms with E-state index in [-0.39, 0.29) is 0 Å². The highest BCUT2D eigenvalue weighted by molar-refractivity contribution is 5.37. The van der Waals surface area contributed by atoms with Crippen molar-refractivity contribution >= 4 is 0 Å². The lowest BCUT2D eigenvalue weighted by Crippen LogP contribution is -2.43. The summed E-state index contributed by atoms with van der Waals surface area (Å²) in [6, 6.07) is 7.77. The van der Waals surface area contributed by atoms with E-state index in [1.807, 2.05) is 0 Å². The number of halogens is 1. The Morgan fingerprint density at radius 1 is 1.17 bits per heavy atom. The Kier molecular flexibility index (Phi) is 5.06. The molecule has 0 amide bonds. The maximum atomic E-state index is 14.1. The van der Waals surface area contributed by atoms with Crippen LogP contribution in [0, 0.1) is 0 Å². The molecule has 1 fully saturated rings. The van der Waals surface area contributed by atoms with E-state index in [4.69, 9.17) is 0 Å². The third-order valence-corrected chi connectivity index (χ3v) is 7.02. The highest BCUT2D eigenvalue weighted by Crippen LogP contribution is 2.37. The fraction of sp³-hybridized carbons (Fsp3) is 0.727. The van der Waals surface area contributed by atoms with Crippen LogP contribution in [0.15, 0.2) is 18.2 Å². The van der Waals surface area contributed by atoms with Crippen LogP contribution in [0.25, 0.3) is 0 Å². The largest absolute Gasteiger partial charge is 0.296 e. The third-order valence-electron chi connectivity index (χ3n) is 7.02. The zero-order valence-corrected chi connectivity index (χ0v) is 16.0. The minimum absolute atomic E-state index is 0.307. The second-order valence-corrected chi connectivity index (χ2v) is 8.62.